The average molecular weight is 390 g/mol. The van der Waals surface area contributed by atoms with E-state index in [4.69, 9.17) is 0 Å². The number of carbonyl (C=O) groups is 1. The lowest BCUT2D eigenvalue weighted by Gasteiger charge is -2.33. The molecule has 1 amide bonds. The number of nitrogens with zero attached hydrogens (tertiary/aromatic N) is 1. The molecule has 1 unspecified atom stereocenters. The molecule has 2 aromatic carbocycles. The molecule has 1 saturated heterocycles. The monoisotopic (exact) mass is 390 g/mol. The molecule has 27 heavy (non-hydrogen) atoms. The molecule has 0 saturated carbocycles. The van der Waals surface area contributed by atoms with Crippen LogP contribution in [-0.4, -0.2) is 31.2 Å². The molecule has 1 N–H and O–H groups in total. The van der Waals surface area contributed by atoms with Gasteiger partial charge >= 0.3 is 0 Å². The number of hydrogen-bond acceptors (Lipinski definition) is 3. The SMILES string of the molecule is Cc1ccc(NC(=O)C2CCCCN2S(=O)(=O)c2ccc(F)cc2)cc1C. The fourth-order valence-corrected chi connectivity index (χ4v) is 4.90. The summed E-state index contributed by atoms with van der Waals surface area (Å²) in [6.45, 7) is 4.21. The number of piperidine rings is 1. The van der Waals surface area contributed by atoms with Crippen molar-refractivity contribution in [2.75, 3.05) is 11.9 Å². The van der Waals surface area contributed by atoms with Gasteiger partial charge in [-0.05, 0) is 74.2 Å². The Balaban J connectivity index is 1.85. The first kappa shape index (κ1) is 19.5. The maximum atomic E-state index is 13.2. The lowest BCUT2D eigenvalue weighted by Crippen LogP contribution is -2.49. The van der Waals surface area contributed by atoms with Crippen LogP contribution in [0, 0.1) is 19.7 Å². The van der Waals surface area contributed by atoms with Crippen molar-refractivity contribution in [2.24, 2.45) is 0 Å². The van der Waals surface area contributed by atoms with E-state index in [-0.39, 0.29) is 17.3 Å². The van der Waals surface area contributed by atoms with E-state index in [9.17, 15) is 17.6 Å². The fourth-order valence-electron chi connectivity index (χ4n) is 3.24. The van der Waals surface area contributed by atoms with Crippen molar-refractivity contribution in [3.63, 3.8) is 0 Å². The fraction of sp³-hybridized carbons (Fsp3) is 0.350. The number of aryl methyl sites for hydroxylation is 2. The van der Waals surface area contributed by atoms with Gasteiger partial charge in [0, 0.05) is 12.2 Å². The van der Waals surface area contributed by atoms with E-state index >= 15 is 0 Å². The summed E-state index contributed by atoms with van der Waals surface area (Å²) in [5, 5.41) is 2.84. The van der Waals surface area contributed by atoms with E-state index in [0.29, 0.717) is 18.5 Å². The summed E-state index contributed by atoms with van der Waals surface area (Å²) in [6.07, 6.45) is 1.92. The van der Waals surface area contributed by atoms with Gasteiger partial charge in [-0.1, -0.05) is 12.5 Å². The lowest BCUT2D eigenvalue weighted by atomic mass is 10.0. The highest BCUT2D eigenvalue weighted by atomic mass is 32.2. The first-order valence-electron chi connectivity index (χ1n) is 8.94. The molecule has 3 rings (SSSR count). The Morgan fingerprint density at radius 1 is 1.07 bits per heavy atom. The molecule has 7 heteroatoms. The van der Waals surface area contributed by atoms with Crippen molar-refractivity contribution >= 4 is 21.6 Å². The van der Waals surface area contributed by atoms with Crippen molar-refractivity contribution in [3.8, 4) is 0 Å². The predicted molar refractivity (Wildman–Crippen MR) is 102 cm³/mol. The molecule has 1 aliphatic rings. The standard InChI is InChI=1S/C20H23FN2O3S/c1-14-6-9-17(13-15(14)2)22-20(24)19-5-3-4-12-23(19)27(25,26)18-10-7-16(21)8-11-18/h6-11,13,19H,3-5,12H2,1-2H3,(H,22,24). The molecule has 5 nitrogen and oxygen atoms in total. The number of sulfonamides is 1. The van der Waals surface area contributed by atoms with Crippen LogP contribution in [0.15, 0.2) is 47.4 Å². The normalized spacial score (nSPS) is 18.3. The van der Waals surface area contributed by atoms with E-state index in [1.807, 2.05) is 32.0 Å². The Morgan fingerprint density at radius 2 is 1.78 bits per heavy atom. The Hall–Kier alpha value is -2.25. The number of benzene rings is 2. The zero-order chi connectivity index (χ0) is 19.6. The number of rotatable bonds is 4. The van der Waals surface area contributed by atoms with Crippen molar-refractivity contribution in [1.29, 1.82) is 0 Å². The van der Waals surface area contributed by atoms with Gasteiger partial charge in [-0.3, -0.25) is 4.79 Å². The quantitative estimate of drug-likeness (QED) is 0.867. The van der Waals surface area contributed by atoms with E-state index < -0.39 is 21.9 Å². The van der Waals surface area contributed by atoms with Crippen molar-refractivity contribution < 1.29 is 17.6 Å². The van der Waals surface area contributed by atoms with E-state index in [0.717, 1.165) is 29.7 Å². The molecule has 1 aliphatic heterocycles. The molecule has 0 aromatic heterocycles. The number of nitrogens with one attached hydrogen (secondary N) is 1. The topological polar surface area (TPSA) is 66.5 Å². The van der Waals surface area contributed by atoms with Crippen LogP contribution in [0.5, 0.6) is 0 Å². The largest absolute Gasteiger partial charge is 0.325 e. The van der Waals surface area contributed by atoms with Gasteiger partial charge in [0.1, 0.15) is 11.9 Å². The minimum absolute atomic E-state index is 0.00483. The van der Waals surface area contributed by atoms with Crippen molar-refractivity contribution in [3.05, 3.63) is 59.4 Å². The zero-order valence-corrected chi connectivity index (χ0v) is 16.2. The van der Waals surface area contributed by atoms with Crippen LogP contribution in [-0.2, 0) is 14.8 Å². The number of carbonyl (C=O) groups excluding carboxylic acids is 1. The van der Waals surface area contributed by atoms with Gasteiger partial charge in [0.05, 0.1) is 4.90 Å². The third kappa shape index (κ3) is 4.20. The molecule has 0 bridgehead atoms. The van der Waals surface area contributed by atoms with Gasteiger partial charge in [0.15, 0.2) is 0 Å². The van der Waals surface area contributed by atoms with Gasteiger partial charge in [-0.2, -0.15) is 4.31 Å². The van der Waals surface area contributed by atoms with Gasteiger partial charge in [-0.15, -0.1) is 0 Å². The van der Waals surface area contributed by atoms with Crippen LogP contribution >= 0.6 is 0 Å². The van der Waals surface area contributed by atoms with Crippen LogP contribution in [0.25, 0.3) is 0 Å². The van der Waals surface area contributed by atoms with E-state index in [1.165, 1.54) is 16.4 Å². The van der Waals surface area contributed by atoms with Gasteiger partial charge in [0.2, 0.25) is 15.9 Å². The smallest absolute Gasteiger partial charge is 0.243 e. The first-order valence-corrected chi connectivity index (χ1v) is 10.4. The van der Waals surface area contributed by atoms with Crippen LogP contribution in [0.2, 0.25) is 0 Å². The number of amides is 1. The Kier molecular flexibility index (Phi) is 5.62. The van der Waals surface area contributed by atoms with Crippen LogP contribution in [0.1, 0.15) is 30.4 Å². The third-order valence-electron chi connectivity index (χ3n) is 4.95. The molecule has 144 valence electrons. The molecular formula is C20H23FN2O3S. The number of halogens is 1. The molecular weight excluding hydrogens is 367 g/mol. The summed E-state index contributed by atoms with van der Waals surface area (Å²) in [4.78, 5) is 12.8. The highest BCUT2D eigenvalue weighted by Gasteiger charge is 2.37. The molecule has 0 radical (unpaired) electrons. The van der Waals surface area contributed by atoms with Crippen LogP contribution in [0.4, 0.5) is 10.1 Å². The average Bonchev–Trinajstić information content (AvgIpc) is 2.65. The second-order valence-corrected chi connectivity index (χ2v) is 8.76. The molecule has 2 aromatic rings. The highest BCUT2D eigenvalue weighted by molar-refractivity contribution is 7.89. The molecule has 0 aliphatic carbocycles. The van der Waals surface area contributed by atoms with Gasteiger partial charge < -0.3 is 5.32 Å². The molecule has 1 atom stereocenters. The number of hydrogen-bond donors (Lipinski definition) is 1. The second-order valence-electron chi connectivity index (χ2n) is 6.87. The minimum Gasteiger partial charge on any atom is -0.325 e. The maximum absolute atomic E-state index is 13.2. The van der Waals surface area contributed by atoms with Crippen LogP contribution < -0.4 is 5.32 Å². The second kappa shape index (κ2) is 7.78. The number of anilines is 1. The summed E-state index contributed by atoms with van der Waals surface area (Å²) in [5.74, 6) is -0.847. The predicted octanol–water partition coefficient (Wildman–Crippen LogP) is 3.62. The van der Waals surface area contributed by atoms with Crippen molar-refractivity contribution in [2.45, 2.75) is 44.0 Å². The maximum Gasteiger partial charge on any atom is 0.243 e. The summed E-state index contributed by atoms with van der Waals surface area (Å²) in [5.41, 5.74) is 2.81. The lowest BCUT2D eigenvalue weighted by molar-refractivity contribution is -0.120. The first-order chi connectivity index (χ1) is 12.8. The van der Waals surface area contributed by atoms with E-state index in [1.54, 1.807) is 0 Å². The van der Waals surface area contributed by atoms with Gasteiger partial charge in [-0.25, -0.2) is 12.8 Å². The van der Waals surface area contributed by atoms with Gasteiger partial charge in [0.25, 0.3) is 0 Å². The Morgan fingerprint density at radius 3 is 2.44 bits per heavy atom. The summed E-state index contributed by atoms with van der Waals surface area (Å²) < 4.78 is 40.4. The Bertz CT molecular complexity index is 942. The summed E-state index contributed by atoms with van der Waals surface area (Å²) in [6, 6.07) is 9.50. The molecule has 0 spiro atoms. The van der Waals surface area contributed by atoms with Crippen molar-refractivity contribution in [1.82, 2.24) is 4.31 Å². The molecule has 1 heterocycles. The Labute approximate surface area is 159 Å². The molecule has 1 fully saturated rings. The third-order valence-corrected chi connectivity index (χ3v) is 6.87. The van der Waals surface area contributed by atoms with Crippen LogP contribution in [0.3, 0.4) is 0 Å². The van der Waals surface area contributed by atoms with E-state index in [2.05, 4.69) is 5.32 Å². The summed E-state index contributed by atoms with van der Waals surface area (Å²) >= 11 is 0. The highest BCUT2D eigenvalue weighted by Crippen LogP contribution is 2.27. The summed E-state index contributed by atoms with van der Waals surface area (Å²) in [7, 11) is -3.87. The zero-order valence-electron chi connectivity index (χ0n) is 15.4. The minimum atomic E-state index is -3.87.